The number of rotatable bonds is 5. The first-order valence-electron chi connectivity index (χ1n) is 8.71. The Morgan fingerprint density at radius 1 is 1.00 bits per heavy atom. The van der Waals surface area contributed by atoms with E-state index in [0.29, 0.717) is 5.75 Å². The summed E-state index contributed by atoms with van der Waals surface area (Å²) < 4.78 is 11.5. The average molecular weight is 328 g/mol. The molecule has 1 aliphatic rings. The minimum absolute atomic E-state index is 0.0202. The Morgan fingerprint density at radius 3 is 2.21 bits per heavy atom. The van der Waals surface area contributed by atoms with Gasteiger partial charge in [-0.1, -0.05) is 29.3 Å². The Balaban J connectivity index is 1.79. The topological polar surface area (TPSA) is 35.5 Å². The Kier molecular flexibility index (Phi) is 6.65. The van der Waals surface area contributed by atoms with Crippen LogP contribution < -0.4 is 4.74 Å². The number of carbonyl (C=O) groups is 1. The van der Waals surface area contributed by atoms with E-state index in [1.54, 1.807) is 0 Å². The summed E-state index contributed by atoms with van der Waals surface area (Å²) in [6, 6.07) is 7.60. The molecule has 24 heavy (non-hydrogen) atoms. The van der Waals surface area contributed by atoms with Crippen molar-refractivity contribution in [2.75, 3.05) is 0 Å². The molecule has 0 bridgehead atoms. The van der Waals surface area contributed by atoms with Crippen LogP contribution in [0.2, 0.25) is 0 Å². The van der Waals surface area contributed by atoms with Crippen molar-refractivity contribution < 1.29 is 14.3 Å². The molecule has 1 aromatic rings. The van der Waals surface area contributed by atoms with E-state index in [9.17, 15) is 4.79 Å². The number of carbonyl (C=O) groups excluding carboxylic acids is 1. The summed E-state index contributed by atoms with van der Waals surface area (Å²) in [7, 11) is 0. The first kappa shape index (κ1) is 18.3. The predicted octanol–water partition coefficient (Wildman–Crippen LogP) is 5.35. The highest BCUT2D eigenvalue weighted by Crippen LogP contribution is 2.29. The second-order valence-corrected chi connectivity index (χ2v) is 6.85. The summed E-state index contributed by atoms with van der Waals surface area (Å²) in [6.07, 6.45) is 7.71. The SMILES string of the molecule is CC(C)=C/C=C(\C)O[C@H]1CC[C@H](C(=O)Oc2ccc(C)cc2)CC1. The van der Waals surface area contributed by atoms with Crippen molar-refractivity contribution in [1.82, 2.24) is 0 Å². The molecular weight excluding hydrogens is 300 g/mol. The summed E-state index contributed by atoms with van der Waals surface area (Å²) in [5, 5.41) is 0. The molecular formula is C21H28O3. The van der Waals surface area contributed by atoms with Gasteiger partial charge in [-0.2, -0.15) is 0 Å². The zero-order valence-electron chi connectivity index (χ0n) is 15.2. The van der Waals surface area contributed by atoms with Crippen molar-refractivity contribution in [3.8, 4) is 5.75 Å². The molecule has 0 N–H and O–H groups in total. The normalized spacial score (nSPS) is 21.1. The molecule has 2 rings (SSSR count). The molecule has 3 heteroatoms. The van der Waals surface area contributed by atoms with Gasteiger partial charge in [-0.15, -0.1) is 0 Å². The molecule has 0 radical (unpaired) electrons. The highest BCUT2D eigenvalue weighted by Gasteiger charge is 2.28. The van der Waals surface area contributed by atoms with Crippen LogP contribution >= 0.6 is 0 Å². The van der Waals surface area contributed by atoms with E-state index >= 15 is 0 Å². The third kappa shape index (κ3) is 5.88. The van der Waals surface area contributed by atoms with Crippen LogP contribution in [0.5, 0.6) is 5.75 Å². The summed E-state index contributed by atoms with van der Waals surface area (Å²) in [6.45, 7) is 8.13. The lowest BCUT2D eigenvalue weighted by atomic mass is 9.87. The highest BCUT2D eigenvalue weighted by atomic mass is 16.5. The smallest absolute Gasteiger partial charge is 0.314 e. The van der Waals surface area contributed by atoms with Crippen LogP contribution in [0.15, 0.2) is 47.7 Å². The van der Waals surface area contributed by atoms with Crippen LogP contribution in [-0.4, -0.2) is 12.1 Å². The molecule has 0 heterocycles. The Labute approximate surface area is 145 Å². The lowest BCUT2D eigenvalue weighted by molar-refractivity contribution is -0.140. The Morgan fingerprint density at radius 2 is 1.62 bits per heavy atom. The number of allylic oxidation sites excluding steroid dienone is 4. The van der Waals surface area contributed by atoms with Crippen LogP contribution in [0.25, 0.3) is 0 Å². The monoisotopic (exact) mass is 328 g/mol. The van der Waals surface area contributed by atoms with Crippen molar-refractivity contribution in [1.29, 1.82) is 0 Å². The van der Waals surface area contributed by atoms with Crippen molar-refractivity contribution in [2.24, 2.45) is 5.92 Å². The second kappa shape index (κ2) is 8.72. The van der Waals surface area contributed by atoms with E-state index in [-0.39, 0.29) is 18.0 Å². The van der Waals surface area contributed by atoms with Gasteiger partial charge in [0.25, 0.3) is 0 Å². The largest absolute Gasteiger partial charge is 0.495 e. The quantitative estimate of drug-likeness (QED) is 0.316. The van der Waals surface area contributed by atoms with Gasteiger partial charge in [0.1, 0.15) is 5.75 Å². The molecule has 130 valence electrons. The Bertz CT molecular complexity index is 598. The molecule has 3 nitrogen and oxygen atoms in total. The first-order chi connectivity index (χ1) is 11.4. The van der Waals surface area contributed by atoms with Gasteiger partial charge in [-0.3, -0.25) is 4.79 Å². The zero-order chi connectivity index (χ0) is 17.5. The molecule has 0 aromatic heterocycles. The summed E-state index contributed by atoms with van der Waals surface area (Å²) in [4.78, 5) is 12.3. The molecule has 0 atom stereocenters. The highest BCUT2D eigenvalue weighted by molar-refractivity contribution is 5.75. The van der Waals surface area contributed by atoms with Gasteiger partial charge in [0.2, 0.25) is 0 Å². The van der Waals surface area contributed by atoms with Crippen LogP contribution in [0.3, 0.4) is 0 Å². The van der Waals surface area contributed by atoms with Gasteiger partial charge >= 0.3 is 5.97 Å². The zero-order valence-corrected chi connectivity index (χ0v) is 15.2. The van der Waals surface area contributed by atoms with Crippen LogP contribution in [0, 0.1) is 12.8 Å². The molecule has 0 amide bonds. The molecule has 0 unspecified atom stereocenters. The molecule has 1 aliphatic carbocycles. The third-order valence-electron chi connectivity index (χ3n) is 4.25. The van der Waals surface area contributed by atoms with E-state index in [2.05, 4.69) is 19.9 Å². The summed E-state index contributed by atoms with van der Waals surface area (Å²) in [5.41, 5.74) is 2.41. The van der Waals surface area contributed by atoms with Crippen LogP contribution in [0.4, 0.5) is 0 Å². The van der Waals surface area contributed by atoms with Crippen LogP contribution in [0.1, 0.15) is 52.0 Å². The van der Waals surface area contributed by atoms with Crippen molar-refractivity contribution in [2.45, 2.75) is 59.5 Å². The first-order valence-corrected chi connectivity index (χ1v) is 8.71. The van der Waals surface area contributed by atoms with E-state index < -0.39 is 0 Å². The molecule has 1 fully saturated rings. The fourth-order valence-corrected chi connectivity index (χ4v) is 2.81. The number of ether oxygens (including phenoxy) is 2. The van der Waals surface area contributed by atoms with Gasteiger partial charge in [0, 0.05) is 0 Å². The van der Waals surface area contributed by atoms with E-state index in [4.69, 9.17) is 9.47 Å². The summed E-state index contributed by atoms with van der Waals surface area (Å²) >= 11 is 0. The maximum Gasteiger partial charge on any atom is 0.314 e. The molecule has 1 saturated carbocycles. The fourth-order valence-electron chi connectivity index (χ4n) is 2.81. The second-order valence-electron chi connectivity index (χ2n) is 6.85. The van der Waals surface area contributed by atoms with Crippen molar-refractivity contribution in [3.05, 3.63) is 53.3 Å². The maximum absolute atomic E-state index is 12.3. The lowest BCUT2D eigenvalue weighted by Crippen LogP contribution is -2.28. The molecule has 0 saturated heterocycles. The summed E-state index contributed by atoms with van der Waals surface area (Å²) in [5.74, 6) is 1.42. The van der Waals surface area contributed by atoms with E-state index in [1.165, 1.54) is 5.57 Å². The van der Waals surface area contributed by atoms with E-state index in [0.717, 1.165) is 37.0 Å². The lowest BCUT2D eigenvalue weighted by Gasteiger charge is -2.28. The third-order valence-corrected chi connectivity index (χ3v) is 4.25. The standard InChI is InChI=1S/C21H28O3/c1-15(2)5-8-17(4)23-19-13-9-18(10-14-19)21(22)24-20-11-6-16(3)7-12-20/h5-8,11-12,18-19H,9-10,13-14H2,1-4H3/b17-8+/t18-,19-. The van der Waals surface area contributed by atoms with Gasteiger partial charge in [0.05, 0.1) is 17.8 Å². The van der Waals surface area contributed by atoms with Gasteiger partial charge in [-0.25, -0.2) is 0 Å². The van der Waals surface area contributed by atoms with E-state index in [1.807, 2.05) is 44.2 Å². The van der Waals surface area contributed by atoms with Gasteiger partial charge < -0.3 is 9.47 Å². The number of esters is 1. The fraction of sp³-hybridized carbons (Fsp3) is 0.476. The molecule has 0 spiro atoms. The molecule has 1 aromatic carbocycles. The number of aryl methyl sites for hydroxylation is 1. The Hall–Kier alpha value is -2.03. The minimum atomic E-state index is -0.117. The molecule has 0 aliphatic heterocycles. The maximum atomic E-state index is 12.3. The number of hydrogen-bond donors (Lipinski definition) is 0. The number of benzene rings is 1. The average Bonchev–Trinajstić information content (AvgIpc) is 2.55. The van der Waals surface area contributed by atoms with Crippen molar-refractivity contribution in [3.63, 3.8) is 0 Å². The van der Waals surface area contributed by atoms with Crippen molar-refractivity contribution >= 4 is 5.97 Å². The number of hydrogen-bond acceptors (Lipinski definition) is 3. The minimum Gasteiger partial charge on any atom is -0.495 e. The van der Waals surface area contributed by atoms with Crippen LogP contribution in [-0.2, 0) is 9.53 Å². The van der Waals surface area contributed by atoms with Gasteiger partial charge in [-0.05, 0) is 71.6 Å². The van der Waals surface area contributed by atoms with Gasteiger partial charge in [0.15, 0.2) is 0 Å². The predicted molar refractivity (Wildman–Crippen MR) is 96.8 cm³/mol.